The number of methoxy groups -OCH3 is 1. The van der Waals surface area contributed by atoms with Gasteiger partial charge in [0.15, 0.2) is 11.6 Å². The predicted octanol–water partition coefficient (Wildman–Crippen LogP) is 3.70. The summed E-state index contributed by atoms with van der Waals surface area (Å²) < 4.78 is 31.9. The van der Waals surface area contributed by atoms with E-state index in [0.29, 0.717) is 42.5 Å². The van der Waals surface area contributed by atoms with Crippen molar-refractivity contribution in [3.63, 3.8) is 0 Å². The molecule has 2 aromatic carbocycles. The van der Waals surface area contributed by atoms with E-state index in [1.165, 1.54) is 49.6 Å². The van der Waals surface area contributed by atoms with Gasteiger partial charge in [-0.3, -0.25) is 14.8 Å². The van der Waals surface area contributed by atoms with Crippen molar-refractivity contribution in [1.29, 1.82) is 0 Å². The Morgan fingerprint density at radius 1 is 1.07 bits per heavy atom. The van der Waals surface area contributed by atoms with Gasteiger partial charge in [-0.1, -0.05) is 24.6 Å². The summed E-state index contributed by atoms with van der Waals surface area (Å²) in [6, 6.07) is 9.73. The highest BCUT2D eigenvalue weighted by Crippen LogP contribution is 2.23. The molecular formula is C22H24F2N2O4. The quantitative estimate of drug-likeness (QED) is 0.181. The van der Waals surface area contributed by atoms with Crippen molar-refractivity contribution in [3.05, 3.63) is 65.2 Å². The lowest BCUT2D eigenvalue weighted by molar-refractivity contribution is -0.129. The highest BCUT2D eigenvalue weighted by Gasteiger charge is 2.13. The number of carbonyl (C=O) groups excluding carboxylic acids is 2. The fourth-order valence-electron chi connectivity index (χ4n) is 2.78. The minimum atomic E-state index is -0.516. The van der Waals surface area contributed by atoms with E-state index in [1.54, 1.807) is 11.6 Å². The Morgan fingerprint density at radius 3 is 2.47 bits per heavy atom. The predicted molar refractivity (Wildman–Crippen MR) is 109 cm³/mol. The number of hydroxylamine groups is 1. The fourth-order valence-corrected chi connectivity index (χ4v) is 2.78. The van der Waals surface area contributed by atoms with Crippen LogP contribution < -0.4 is 15.5 Å². The standard InChI is InChI=1S/C22H24F2N2O4/c1-30-20-14-15(6-11-19(20)24)13-18(16-7-9-17(23)10-8-16)22(28)25-12-4-2-3-5-21(27)26-29/h6-11,13-14,29H,2-5,12H2,1H3,(H,25,28)(H,26,27)/b18-13+. The molecule has 0 fully saturated rings. The van der Waals surface area contributed by atoms with E-state index in [0.717, 1.165) is 0 Å². The zero-order valence-electron chi connectivity index (χ0n) is 16.6. The SMILES string of the molecule is COc1cc(/C=C(/C(=O)NCCCCCC(=O)NO)c2ccc(F)cc2)ccc1F. The van der Waals surface area contributed by atoms with E-state index in [9.17, 15) is 18.4 Å². The highest BCUT2D eigenvalue weighted by atomic mass is 19.1. The summed E-state index contributed by atoms with van der Waals surface area (Å²) in [4.78, 5) is 23.7. The van der Waals surface area contributed by atoms with Gasteiger partial charge < -0.3 is 10.1 Å². The van der Waals surface area contributed by atoms with E-state index in [1.807, 2.05) is 0 Å². The van der Waals surface area contributed by atoms with Crippen LogP contribution in [0, 0.1) is 11.6 Å². The van der Waals surface area contributed by atoms with Gasteiger partial charge in [-0.2, -0.15) is 0 Å². The van der Waals surface area contributed by atoms with Gasteiger partial charge in [0.25, 0.3) is 5.91 Å². The Labute approximate surface area is 173 Å². The average Bonchev–Trinajstić information content (AvgIpc) is 2.75. The smallest absolute Gasteiger partial charge is 0.251 e. The Morgan fingerprint density at radius 2 is 1.80 bits per heavy atom. The van der Waals surface area contributed by atoms with Crippen LogP contribution in [0.5, 0.6) is 5.75 Å². The number of amides is 2. The molecule has 2 rings (SSSR count). The van der Waals surface area contributed by atoms with Crippen molar-refractivity contribution < 1.29 is 28.3 Å². The molecule has 160 valence electrons. The molecular weight excluding hydrogens is 394 g/mol. The van der Waals surface area contributed by atoms with Gasteiger partial charge in [0, 0.05) is 18.5 Å². The third-order valence-corrected chi connectivity index (χ3v) is 4.38. The molecule has 0 heterocycles. The van der Waals surface area contributed by atoms with Gasteiger partial charge in [-0.15, -0.1) is 0 Å². The first-order valence-corrected chi connectivity index (χ1v) is 9.47. The van der Waals surface area contributed by atoms with Crippen LogP contribution in [0.4, 0.5) is 8.78 Å². The molecule has 6 nitrogen and oxygen atoms in total. The van der Waals surface area contributed by atoms with Gasteiger partial charge in [-0.05, 0) is 54.3 Å². The molecule has 2 aromatic rings. The van der Waals surface area contributed by atoms with Gasteiger partial charge in [0.1, 0.15) is 5.82 Å². The van der Waals surface area contributed by atoms with Crippen molar-refractivity contribution in [2.45, 2.75) is 25.7 Å². The molecule has 0 aromatic heterocycles. The molecule has 0 atom stereocenters. The molecule has 0 aliphatic rings. The normalized spacial score (nSPS) is 11.1. The van der Waals surface area contributed by atoms with Crippen molar-refractivity contribution in [2.75, 3.05) is 13.7 Å². The number of nitrogens with one attached hydrogen (secondary N) is 2. The average molecular weight is 418 g/mol. The van der Waals surface area contributed by atoms with Crippen LogP contribution >= 0.6 is 0 Å². The Hall–Kier alpha value is -3.26. The number of ether oxygens (including phenoxy) is 1. The van der Waals surface area contributed by atoms with Crippen molar-refractivity contribution in [3.8, 4) is 5.75 Å². The number of rotatable bonds is 10. The van der Waals surface area contributed by atoms with Crippen LogP contribution in [-0.2, 0) is 9.59 Å². The number of carbonyl (C=O) groups is 2. The van der Waals surface area contributed by atoms with Gasteiger partial charge in [0.2, 0.25) is 5.91 Å². The molecule has 0 spiro atoms. The summed E-state index contributed by atoms with van der Waals surface area (Å²) >= 11 is 0. The van der Waals surface area contributed by atoms with Crippen LogP contribution in [0.2, 0.25) is 0 Å². The van der Waals surface area contributed by atoms with Crippen LogP contribution in [0.1, 0.15) is 36.8 Å². The van der Waals surface area contributed by atoms with E-state index >= 15 is 0 Å². The molecule has 8 heteroatoms. The molecule has 30 heavy (non-hydrogen) atoms. The van der Waals surface area contributed by atoms with Crippen molar-refractivity contribution in [1.82, 2.24) is 10.8 Å². The second-order valence-corrected chi connectivity index (χ2v) is 6.56. The molecule has 0 aliphatic heterocycles. The summed E-state index contributed by atoms with van der Waals surface area (Å²) in [7, 11) is 1.35. The maximum absolute atomic E-state index is 13.7. The molecule has 0 aliphatic carbocycles. The minimum Gasteiger partial charge on any atom is -0.494 e. The Kier molecular flexibility index (Phi) is 8.96. The van der Waals surface area contributed by atoms with Gasteiger partial charge in [-0.25, -0.2) is 14.3 Å². The van der Waals surface area contributed by atoms with Gasteiger partial charge in [0.05, 0.1) is 7.11 Å². The second kappa shape index (κ2) is 11.7. The van der Waals surface area contributed by atoms with Crippen LogP contribution in [-0.4, -0.2) is 30.7 Å². The number of hydrogen-bond acceptors (Lipinski definition) is 4. The van der Waals surface area contributed by atoms with Crippen LogP contribution in [0.3, 0.4) is 0 Å². The summed E-state index contributed by atoms with van der Waals surface area (Å²) in [6.07, 6.45) is 3.70. The Bertz CT molecular complexity index is 899. The number of hydrogen-bond donors (Lipinski definition) is 3. The van der Waals surface area contributed by atoms with Crippen molar-refractivity contribution >= 4 is 23.5 Å². The van der Waals surface area contributed by atoms with Crippen molar-refractivity contribution in [2.24, 2.45) is 0 Å². The molecule has 0 unspecified atom stereocenters. The summed E-state index contributed by atoms with van der Waals surface area (Å²) in [6.45, 7) is 0.380. The zero-order chi connectivity index (χ0) is 21.9. The summed E-state index contributed by atoms with van der Waals surface area (Å²) in [5.74, 6) is -1.70. The minimum absolute atomic E-state index is 0.0505. The van der Waals surface area contributed by atoms with Crippen LogP contribution in [0.25, 0.3) is 11.6 Å². The van der Waals surface area contributed by atoms with E-state index in [4.69, 9.17) is 9.94 Å². The molecule has 0 bridgehead atoms. The largest absolute Gasteiger partial charge is 0.494 e. The van der Waals surface area contributed by atoms with Gasteiger partial charge >= 0.3 is 0 Å². The second-order valence-electron chi connectivity index (χ2n) is 6.56. The first-order chi connectivity index (χ1) is 14.4. The summed E-state index contributed by atoms with van der Waals surface area (Å²) in [5.41, 5.74) is 2.93. The monoisotopic (exact) mass is 418 g/mol. The molecule has 0 saturated heterocycles. The van der Waals surface area contributed by atoms with E-state index < -0.39 is 17.5 Å². The molecule has 3 N–H and O–H groups in total. The highest BCUT2D eigenvalue weighted by molar-refractivity contribution is 6.24. The molecule has 0 saturated carbocycles. The van der Waals surface area contributed by atoms with E-state index in [2.05, 4.69) is 5.32 Å². The molecule has 2 amide bonds. The third kappa shape index (κ3) is 6.97. The lowest BCUT2D eigenvalue weighted by atomic mass is 10.0. The first-order valence-electron chi connectivity index (χ1n) is 9.47. The van der Waals surface area contributed by atoms with E-state index in [-0.39, 0.29) is 18.1 Å². The number of halogens is 2. The number of benzene rings is 2. The third-order valence-electron chi connectivity index (χ3n) is 4.38. The molecule has 0 radical (unpaired) electrons. The topological polar surface area (TPSA) is 87.7 Å². The lowest BCUT2D eigenvalue weighted by Crippen LogP contribution is -2.25. The zero-order valence-corrected chi connectivity index (χ0v) is 16.6. The summed E-state index contributed by atoms with van der Waals surface area (Å²) in [5, 5.41) is 11.3. The first kappa shape index (κ1) is 23.0. The fraction of sp³-hybridized carbons (Fsp3) is 0.273. The lowest BCUT2D eigenvalue weighted by Gasteiger charge is -2.11. The maximum Gasteiger partial charge on any atom is 0.251 e. The van der Waals surface area contributed by atoms with Crippen LogP contribution in [0.15, 0.2) is 42.5 Å². The maximum atomic E-state index is 13.7. The Balaban J connectivity index is 2.11. The number of unbranched alkanes of at least 4 members (excludes halogenated alkanes) is 2.